The van der Waals surface area contributed by atoms with Crippen LogP contribution in [0.1, 0.15) is 63.7 Å². The number of carbonyl (C=O) groups excluding carboxylic acids is 3. The van der Waals surface area contributed by atoms with Gasteiger partial charge in [-0.1, -0.05) is 36.7 Å². The number of benzene rings is 1. The van der Waals surface area contributed by atoms with Gasteiger partial charge in [0.15, 0.2) is 0 Å². The minimum Gasteiger partial charge on any atom is -0.343 e. The molecule has 1 saturated heterocycles. The van der Waals surface area contributed by atoms with Crippen LogP contribution in [0.2, 0.25) is 0 Å². The molecule has 178 valence electrons. The fraction of sp³-hybridized carbons (Fsp3) is 0.500. The molecule has 1 aliphatic carbocycles. The normalized spacial score (nSPS) is 19.0. The van der Waals surface area contributed by atoms with Crippen molar-refractivity contribution in [2.75, 3.05) is 37.6 Å². The quantitative estimate of drug-likeness (QED) is 0.359. The number of nitro groups is 1. The first-order chi connectivity index (χ1) is 16.4. The van der Waals surface area contributed by atoms with Crippen molar-refractivity contribution in [3.8, 4) is 0 Å². The topological polar surface area (TPSA) is 130 Å². The average molecular weight is 485 g/mol. The number of amides is 3. The fourth-order valence-corrected chi connectivity index (χ4v) is 5.93. The van der Waals surface area contributed by atoms with Crippen molar-refractivity contribution in [2.24, 2.45) is 0 Å². The van der Waals surface area contributed by atoms with Crippen molar-refractivity contribution in [1.82, 2.24) is 20.0 Å². The second kappa shape index (κ2) is 9.09. The first-order valence-electron chi connectivity index (χ1n) is 11.4. The highest BCUT2D eigenvalue weighted by Crippen LogP contribution is 2.36. The molecule has 0 bridgehead atoms. The Morgan fingerprint density at radius 3 is 2.50 bits per heavy atom. The van der Waals surface area contributed by atoms with E-state index in [-0.39, 0.29) is 17.0 Å². The number of nitro benzene ring substituents is 1. The zero-order valence-corrected chi connectivity index (χ0v) is 19.3. The molecule has 1 aromatic heterocycles. The van der Waals surface area contributed by atoms with Crippen molar-refractivity contribution in [3.63, 3.8) is 0 Å². The van der Waals surface area contributed by atoms with Gasteiger partial charge in [0.25, 0.3) is 17.5 Å². The number of aromatic nitrogens is 2. The fourth-order valence-electron chi connectivity index (χ4n) is 4.86. The van der Waals surface area contributed by atoms with Crippen LogP contribution in [0.25, 0.3) is 0 Å². The summed E-state index contributed by atoms with van der Waals surface area (Å²) in [6, 6.07) is 3.91. The minimum atomic E-state index is -0.802. The Hall–Kier alpha value is -3.41. The highest BCUT2D eigenvalue weighted by molar-refractivity contribution is 7.15. The number of hydrogen-bond donors (Lipinski definition) is 0. The van der Waals surface area contributed by atoms with Crippen LogP contribution in [0.3, 0.4) is 0 Å². The third-order valence-electron chi connectivity index (χ3n) is 6.75. The lowest BCUT2D eigenvalue weighted by atomic mass is 9.90. The summed E-state index contributed by atoms with van der Waals surface area (Å²) in [7, 11) is 0. The van der Waals surface area contributed by atoms with E-state index in [9.17, 15) is 24.5 Å². The lowest BCUT2D eigenvalue weighted by Crippen LogP contribution is -2.51. The zero-order valence-electron chi connectivity index (χ0n) is 18.5. The van der Waals surface area contributed by atoms with Gasteiger partial charge >= 0.3 is 0 Å². The highest BCUT2D eigenvalue weighted by Gasteiger charge is 2.42. The van der Waals surface area contributed by atoms with E-state index in [2.05, 4.69) is 15.1 Å². The zero-order chi connectivity index (χ0) is 23.8. The van der Waals surface area contributed by atoms with Crippen molar-refractivity contribution in [1.29, 1.82) is 0 Å². The second-order valence-electron chi connectivity index (χ2n) is 8.78. The predicted octanol–water partition coefficient (Wildman–Crippen LogP) is 2.44. The smallest absolute Gasteiger partial charge is 0.282 e. The summed E-state index contributed by atoms with van der Waals surface area (Å²) in [4.78, 5) is 53.3. The molecule has 2 aromatic rings. The summed E-state index contributed by atoms with van der Waals surface area (Å²) in [5, 5.41) is 22.0. The van der Waals surface area contributed by atoms with Crippen molar-refractivity contribution < 1.29 is 19.3 Å². The standard InChI is InChI=1S/C22H24N6O5S/c29-17(13-27-20(30)15-7-4-8-16(28(32)33)18(15)21(27)31)25-9-11-26(12-10-25)22-24-23-19(34-22)14-5-2-1-3-6-14/h4,7-8,14H,1-3,5-6,9-13H2. The van der Waals surface area contributed by atoms with Crippen LogP contribution in [0.15, 0.2) is 18.2 Å². The third-order valence-corrected chi connectivity index (χ3v) is 7.90. The molecule has 1 aromatic carbocycles. The number of rotatable bonds is 5. The Morgan fingerprint density at radius 1 is 1.06 bits per heavy atom. The van der Waals surface area contributed by atoms with Crippen LogP contribution in [0.4, 0.5) is 10.8 Å². The van der Waals surface area contributed by atoms with Gasteiger partial charge in [0.05, 0.1) is 10.5 Å². The lowest BCUT2D eigenvalue weighted by molar-refractivity contribution is -0.385. The molecule has 3 amide bonds. The SMILES string of the molecule is O=C(CN1C(=O)c2cccc([N+](=O)[O-])c2C1=O)N1CCN(c2nnc(C3CCCCC3)s2)CC1. The molecule has 0 spiro atoms. The summed E-state index contributed by atoms with van der Waals surface area (Å²) in [5.41, 5.74) is -0.717. The van der Waals surface area contributed by atoms with Gasteiger partial charge in [-0.2, -0.15) is 0 Å². The van der Waals surface area contributed by atoms with Gasteiger partial charge in [-0.05, 0) is 18.9 Å². The maximum atomic E-state index is 12.9. The molecule has 1 saturated carbocycles. The van der Waals surface area contributed by atoms with Crippen LogP contribution in [-0.4, -0.2) is 75.4 Å². The number of piperazine rings is 1. The largest absolute Gasteiger partial charge is 0.343 e. The maximum absolute atomic E-state index is 12.9. The summed E-state index contributed by atoms with van der Waals surface area (Å²) in [6.45, 7) is 1.59. The highest BCUT2D eigenvalue weighted by atomic mass is 32.1. The monoisotopic (exact) mass is 484 g/mol. The van der Waals surface area contributed by atoms with Crippen molar-refractivity contribution >= 4 is 39.9 Å². The van der Waals surface area contributed by atoms with E-state index >= 15 is 0 Å². The molecule has 11 nitrogen and oxygen atoms in total. The van der Waals surface area contributed by atoms with Crippen LogP contribution >= 0.6 is 11.3 Å². The van der Waals surface area contributed by atoms with Gasteiger partial charge in [-0.3, -0.25) is 29.4 Å². The van der Waals surface area contributed by atoms with E-state index in [4.69, 9.17) is 0 Å². The molecule has 3 heterocycles. The van der Waals surface area contributed by atoms with Crippen LogP contribution in [-0.2, 0) is 4.79 Å². The Bertz CT molecular complexity index is 1150. The van der Waals surface area contributed by atoms with Gasteiger partial charge in [0.2, 0.25) is 11.0 Å². The Balaban J connectivity index is 1.19. The first kappa shape index (κ1) is 22.4. The van der Waals surface area contributed by atoms with Gasteiger partial charge in [0.1, 0.15) is 17.1 Å². The lowest BCUT2D eigenvalue weighted by Gasteiger charge is -2.34. The number of hydrogen-bond acceptors (Lipinski definition) is 9. The Labute approximate surface area is 199 Å². The molecule has 5 rings (SSSR count). The van der Waals surface area contributed by atoms with Gasteiger partial charge in [-0.15, -0.1) is 10.2 Å². The molecule has 0 atom stereocenters. The molecular formula is C22H24N6O5S. The van der Waals surface area contributed by atoms with Crippen LogP contribution in [0.5, 0.6) is 0 Å². The number of nitrogens with zero attached hydrogens (tertiary/aromatic N) is 6. The molecule has 2 fully saturated rings. The molecule has 12 heteroatoms. The molecule has 0 radical (unpaired) electrons. The number of anilines is 1. The van der Waals surface area contributed by atoms with Crippen molar-refractivity contribution in [3.05, 3.63) is 44.4 Å². The maximum Gasteiger partial charge on any atom is 0.282 e. The van der Waals surface area contributed by atoms with Gasteiger partial charge in [0, 0.05) is 38.2 Å². The third kappa shape index (κ3) is 4.02. The summed E-state index contributed by atoms with van der Waals surface area (Å²) in [5.74, 6) is -1.35. The van der Waals surface area contributed by atoms with Gasteiger partial charge in [-0.25, -0.2) is 0 Å². The predicted molar refractivity (Wildman–Crippen MR) is 123 cm³/mol. The van der Waals surface area contributed by atoms with E-state index < -0.39 is 29.0 Å². The average Bonchev–Trinajstić information content (AvgIpc) is 3.45. The number of carbonyl (C=O) groups is 3. The molecular weight excluding hydrogens is 460 g/mol. The molecule has 0 N–H and O–H groups in total. The summed E-state index contributed by atoms with van der Waals surface area (Å²) in [6.07, 6.45) is 6.09. The van der Waals surface area contributed by atoms with Crippen LogP contribution < -0.4 is 4.90 Å². The minimum absolute atomic E-state index is 0.0399. The Kier molecular flexibility index (Phi) is 5.98. The van der Waals surface area contributed by atoms with E-state index in [0.29, 0.717) is 32.1 Å². The van der Waals surface area contributed by atoms with E-state index in [1.807, 2.05) is 0 Å². The van der Waals surface area contributed by atoms with E-state index in [1.165, 1.54) is 37.5 Å². The van der Waals surface area contributed by atoms with Crippen LogP contribution in [0, 0.1) is 10.1 Å². The van der Waals surface area contributed by atoms with Gasteiger partial charge < -0.3 is 9.80 Å². The molecule has 0 unspecified atom stereocenters. The van der Waals surface area contributed by atoms with Crippen molar-refractivity contribution in [2.45, 2.75) is 38.0 Å². The molecule has 34 heavy (non-hydrogen) atoms. The second-order valence-corrected chi connectivity index (χ2v) is 9.77. The van der Waals surface area contributed by atoms with E-state index in [1.54, 1.807) is 16.2 Å². The Morgan fingerprint density at radius 2 is 1.79 bits per heavy atom. The molecule has 2 aliphatic heterocycles. The summed E-state index contributed by atoms with van der Waals surface area (Å²) < 4.78 is 0. The summed E-state index contributed by atoms with van der Waals surface area (Å²) >= 11 is 1.63. The number of imide groups is 1. The first-order valence-corrected chi connectivity index (χ1v) is 12.3. The molecule has 3 aliphatic rings. The number of fused-ring (bicyclic) bond motifs is 1. The van der Waals surface area contributed by atoms with E-state index in [0.717, 1.165) is 27.9 Å².